The Kier molecular flexibility index (Phi) is 8.60. The van der Waals surface area contributed by atoms with E-state index in [1.165, 1.54) is 28.6 Å². The van der Waals surface area contributed by atoms with Crippen molar-refractivity contribution in [3.05, 3.63) is 29.8 Å². The number of ether oxygens (including phenoxy) is 1. The molecule has 1 aromatic carbocycles. The Balaban J connectivity index is 1.87. The molecule has 0 spiro atoms. The summed E-state index contributed by atoms with van der Waals surface area (Å²) in [5.74, 6) is 0.0783. The van der Waals surface area contributed by atoms with Crippen molar-refractivity contribution >= 4 is 21.9 Å². The number of nitrogens with zero attached hydrogens (tertiary/aromatic N) is 1. The molecule has 1 aliphatic heterocycles. The number of piperazine rings is 1. The first kappa shape index (κ1) is 23.3. The van der Waals surface area contributed by atoms with Crippen LogP contribution in [0.4, 0.5) is 0 Å². The first-order chi connectivity index (χ1) is 13.7. The van der Waals surface area contributed by atoms with Crippen molar-refractivity contribution in [2.45, 2.75) is 32.1 Å². The molecule has 0 saturated carbocycles. The highest BCUT2D eigenvalue weighted by molar-refractivity contribution is 7.89. The number of sulfonamides is 1. The maximum absolute atomic E-state index is 12.8. The minimum absolute atomic E-state index is 0.00603. The lowest BCUT2D eigenvalue weighted by atomic mass is 10.1. The summed E-state index contributed by atoms with van der Waals surface area (Å²) in [4.78, 5) is 25.0. The van der Waals surface area contributed by atoms with Gasteiger partial charge in [-0.15, -0.1) is 0 Å². The lowest BCUT2D eigenvalue weighted by molar-refractivity contribution is -0.895. The van der Waals surface area contributed by atoms with Gasteiger partial charge in [0.15, 0.2) is 6.54 Å². The first-order valence-electron chi connectivity index (χ1n) is 10.1. The molecule has 162 valence electrons. The largest absolute Gasteiger partial charge is 0.462 e. The number of hydrogen-bond acceptors (Lipinski definition) is 5. The minimum Gasteiger partial charge on any atom is -0.462 e. The van der Waals surface area contributed by atoms with Crippen LogP contribution in [-0.4, -0.2) is 70.5 Å². The van der Waals surface area contributed by atoms with Gasteiger partial charge < -0.3 is 15.0 Å². The summed E-state index contributed by atoms with van der Waals surface area (Å²) in [6.45, 7) is 9.12. The van der Waals surface area contributed by atoms with Gasteiger partial charge in [-0.2, -0.15) is 4.31 Å². The summed E-state index contributed by atoms with van der Waals surface area (Å²) in [5.41, 5.74) is 0.323. The fourth-order valence-electron chi connectivity index (χ4n) is 3.14. The van der Waals surface area contributed by atoms with Crippen molar-refractivity contribution in [2.75, 3.05) is 45.9 Å². The third-order valence-electron chi connectivity index (χ3n) is 4.89. The van der Waals surface area contributed by atoms with E-state index in [1.54, 1.807) is 6.92 Å². The van der Waals surface area contributed by atoms with E-state index in [-0.39, 0.29) is 17.4 Å². The zero-order valence-corrected chi connectivity index (χ0v) is 18.3. The number of rotatable bonds is 9. The molecule has 1 heterocycles. The topological polar surface area (TPSA) is 97.2 Å². The molecule has 1 saturated heterocycles. The summed E-state index contributed by atoms with van der Waals surface area (Å²) in [5, 5.41) is 2.92. The van der Waals surface area contributed by atoms with E-state index in [2.05, 4.69) is 19.2 Å². The van der Waals surface area contributed by atoms with Crippen molar-refractivity contribution in [1.29, 1.82) is 0 Å². The molecule has 0 radical (unpaired) electrons. The molecule has 1 amide bonds. The van der Waals surface area contributed by atoms with E-state index in [0.29, 0.717) is 50.7 Å². The van der Waals surface area contributed by atoms with Crippen LogP contribution < -0.4 is 10.2 Å². The van der Waals surface area contributed by atoms with E-state index in [9.17, 15) is 18.0 Å². The van der Waals surface area contributed by atoms with Crippen LogP contribution >= 0.6 is 0 Å². The molecular weight excluding hydrogens is 394 g/mol. The van der Waals surface area contributed by atoms with Gasteiger partial charge in [0.05, 0.1) is 43.2 Å². The van der Waals surface area contributed by atoms with Crippen molar-refractivity contribution in [3.8, 4) is 0 Å². The lowest BCUT2D eigenvalue weighted by Crippen LogP contribution is -3.15. The number of amides is 1. The fraction of sp³-hybridized carbons (Fsp3) is 0.600. The highest BCUT2D eigenvalue weighted by atomic mass is 32.2. The molecule has 0 aliphatic carbocycles. The number of nitrogens with one attached hydrogen (secondary N) is 2. The number of benzene rings is 1. The van der Waals surface area contributed by atoms with Crippen molar-refractivity contribution < 1.29 is 27.6 Å². The molecule has 29 heavy (non-hydrogen) atoms. The van der Waals surface area contributed by atoms with Gasteiger partial charge >= 0.3 is 5.97 Å². The van der Waals surface area contributed by atoms with Crippen LogP contribution in [0.1, 0.15) is 37.6 Å². The van der Waals surface area contributed by atoms with Crippen LogP contribution in [0.2, 0.25) is 0 Å². The maximum Gasteiger partial charge on any atom is 0.338 e. The molecule has 0 aromatic heterocycles. The molecule has 1 aromatic rings. The summed E-state index contributed by atoms with van der Waals surface area (Å²) in [6.07, 6.45) is 0.946. The summed E-state index contributed by atoms with van der Waals surface area (Å²) < 4.78 is 32.1. The van der Waals surface area contributed by atoms with E-state index in [4.69, 9.17) is 4.74 Å². The van der Waals surface area contributed by atoms with Gasteiger partial charge in [-0.05, 0) is 43.5 Å². The summed E-state index contributed by atoms with van der Waals surface area (Å²) >= 11 is 0. The SMILES string of the molecule is CCOC(=O)c1ccc(S(=O)(=O)N2CC[NH+](CC(=O)NCCC(C)C)CC2)cc1. The Bertz CT molecular complexity index is 785. The average Bonchev–Trinajstić information content (AvgIpc) is 2.68. The van der Waals surface area contributed by atoms with Gasteiger partial charge in [-0.1, -0.05) is 13.8 Å². The Labute approximate surface area is 173 Å². The third kappa shape index (κ3) is 6.80. The predicted molar refractivity (Wildman–Crippen MR) is 109 cm³/mol. The monoisotopic (exact) mass is 426 g/mol. The standard InChI is InChI=1S/C20H31N3O5S/c1-4-28-20(25)17-5-7-18(8-6-17)29(26,27)23-13-11-22(12-14-23)15-19(24)21-10-9-16(2)3/h5-8,16H,4,9-15H2,1-3H3,(H,21,24)/p+1. The molecule has 0 atom stereocenters. The van der Waals surface area contributed by atoms with Gasteiger partial charge in [-0.25, -0.2) is 13.2 Å². The normalized spacial score (nSPS) is 16.0. The zero-order chi connectivity index (χ0) is 21.4. The van der Waals surface area contributed by atoms with Crippen LogP contribution in [0.15, 0.2) is 29.2 Å². The molecule has 0 unspecified atom stereocenters. The molecule has 2 N–H and O–H groups in total. The van der Waals surface area contributed by atoms with Crippen LogP contribution in [0.25, 0.3) is 0 Å². The third-order valence-corrected chi connectivity index (χ3v) is 6.80. The Hall–Kier alpha value is -1.97. The second kappa shape index (κ2) is 10.7. The van der Waals surface area contributed by atoms with Gasteiger partial charge in [-0.3, -0.25) is 4.79 Å². The zero-order valence-electron chi connectivity index (χ0n) is 17.4. The number of quaternary nitrogens is 1. The predicted octanol–water partition coefficient (Wildman–Crippen LogP) is -0.0852. The maximum atomic E-state index is 12.8. The number of hydrogen-bond donors (Lipinski definition) is 2. The van der Waals surface area contributed by atoms with Crippen LogP contribution in [-0.2, 0) is 19.6 Å². The highest BCUT2D eigenvalue weighted by Crippen LogP contribution is 2.17. The molecule has 8 nitrogen and oxygen atoms in total. The Morgan fingerprint density at radius 1 is 1.17 bits per heavy atom. The lowest BCUT2D eigenvalue weighted by Gasteiger charge is -2.31. The molecule has 1 fully saturated rings. The quantitative estimate of drug-likeness (QED) is 0.538. The van der Waals surface area contributed by atoms with Gasteiger partial charge in [0.2, 0.25) is 10.0 Å². The van der Waals surface area contributed by atoms with E-state index >= 15 is 0 Å². The molecule has 9 heteroatoms. The fourth-order valence-corrected chi connectivity index (χ4v) is 4.58. The Morgan fingerprint density at radius 2 is 1.79 bits per heavy atom. The van der Waals surface area contributed by atoms with Gasteiger partial charge in [0.1, 0.15) is 0 Å². The van der Waals surface area contributed by atoms with E-state index in [0.717, 1.165) is 11.3 Å². The minimum atomic E-state index is -3.63. The molecular formula is C20H32N3O5S+. The average molecular weight is 427 g/mol. The van der Waals surface area contributed by atoms with Crippen molar-refractivity contribution in [2.24, 2.45) is 5.92 Å². The van der Waals surface area contributed by atoms with E-state index in [1.807, 2.05) is 0 Å². The summed E-state index contributed by atoms with van der Waals surface area (Å²) in [6, 6.07) is 5.80. The molecule has 2 rings (SSSR count). The first-order valence-corrected chi connectivity index (χ1v) is 11.6. The smallest absolute Gasteiger partial charge is 0.338 e. The summed E-state index contributed by atoms with van der Waals surface area (Å²) in [7, 11) is -3.63. The van der Waals surface area contributed by atoms with Crippen molar-refractivity contribution in [3.63, 3.8) is 0 Å². The molecule has 0 bridgehead atoms. The Morgan fingerprint density at radius 3 is 2.34 bits per heavy atom. The van der Waals surface area contributed by atoms with Crippen LogP contribution in [0, 0.1) is 5.92 Å². The van der Waals surface area contributed by atoms with Crippen LogP contribution in [0.5, 0.6) is 0 Å². The number of carbonyl (C=O) groups is 2. The van der Waals surface area contributed by atoms with Crippen LogP contribution in [0.3, 0.4) is 0 Å². The second-order valence-electron chi connectivity index (χ2n) is 7.61. The van der Waals surface area contributed by atoms with Gasteiger partial charge in [0, 0.05) is 6.54 Å². The van der Waals surface area contributed by atoms with E-state index < -0.39 is 16.0 Å². The van der Waals surface area contributed by atoms with Crippen molar-refractivity contribution in [1.82, 2.24) is 9.62 Å². The van der Waals surface area contributed by atoms with Gasteiger partial charge in [0.25, 0.3) is 5.91 Å². The highest BCUT2D eigenvalue weighted by Gasteiger charge is 2.31. The number of esters is 1. The molecule has 1 aliphatic rings. The second-order valence-corrected chi connectivity index (χ2v) is 9.55. The number of carbonyl (C=O) groups excluding carboxylic acids is 2.